The Kier molecular flexibility index (Phi) is 4.40. The molecule has 24 heavy (non-hydrogen) atoms. The van der Waals surface area contributed by atoms with Gasteiger partial charge in [0, 0.05) is 5.56 Å². The number of benzene rings is 2. The predicted octanol–water partition coefficient (Wildman–Crippen LogP) is 5.21. The van der Waals surface area contributed by atoms with Gasteiger partial charge in [-0.1, -0.05) is 62.4 Å². The molecule has 0 aliphatic carbocycles. The van der Waals surface area contributed by atoms with Gasteiger partial charge in [-0.3, -0.25) is 9.79 Å². The first-order chi connectivity index (χ1) is 11.4. The molecule has 0 bridgehead atoms. The minimum absolute atomic E-state index is 0.136. The molecule has 0 saturated carbocycles. The predicted molar refractivity (Wildman–Crippen MR) is 100 cm³/mol. The highest BCUT2D eigenvalue weighted by molar-refractivity contribution is 6.16. The molecule has 2 heteroatoms. The third-order valence-electron chi connectivity index (χ3n) is 4.62. The second kappa shape index (κ2) is 6.35. The maximum atomic E-state index is 12.7. The maximum absolute atomic E-state index is 12.7. The molecule has 0 unspecified atom stereocenters. The first-order valence-corrected chi connectivity index (χ1v) is 8.66. The van der Waals surface area contributed by atoms with Crippen molar-refractivity contribution in [1.82, 2.24) is 0 Å². The van der Waals surface area contributed by atoms with Crippen molar-refractivity contribution in [3.05, 3.63) is 70.8 Å². The molecular formula is C22H25NO. The fourth-order valence-electron chi connectivity index (χ4n) is 3.33. The number of aliphatic imine (C=N–C) groups is 1. The Balaban J connectivity index is 1.86. The number of hydrogen-bond donors (Lipinski definition) is 0. The molecule has 0 aromatic heterocycles. The molecule has 2 nitrogen and oxygen atoms in total. The molecule has 0 atom stereocenters. The van der Waals surface area contributed by atoms with Crippen molar-refractivity contribution in [2.24, 2.45) is 4.99 Å². The third-order valence-corrected chi connectivity index (χ3v) is 4.62. The van der Waals surface area contributed by atoms with E-state index in [1.165, 1.54) is 11.1 Å². The van der Waals surface area contributed by atoms with Gasteiger partial charge in [-0.25, -0.2) is 0 Å². The monoisotopic (exact) mass is 319 g/mol. The van der Waals surface area contributed by atoms with Crippen LogP contribution in [-0.2, 0) is 6.42 Å². The molecule has 0 radical (unpaired) electrons. The first kappa shape index (κ1) is 16.6. The lowest BCUT2D eigenvalue weighted by atomic mass is 9.85. The maximum Gasteiger partial charge on any atom is 0.168 e. The third kappa shape index (κ3) is 3.48. The smallest absolute Gasteiger partial charge is 0.168 e. The van der Waals surface area contributed by atoms with Crippen molar-refractivity contribution in [3.8, 4) is 0 Å². The summed E-state index contributed by atoms with van der Waals surface area (Å²) in [6.07, 6.45) is 1.28. The summed E-state index contributed by atoms with van der Waals surface area (Å²) in [6.45, 7) is 8.58. The van der Waals surface area contributed by atoms with Crippen LogP contribution in [0.2, 0.25) is 0 Å². The van der Waals surface area contributed by atoms with Crippen molar-refractivity contribution < 1.29 is 4.79 Å². The molecule has 2 aromatic rings. The summed E-state index contributed by atoms with van der Waals surface area (Å²) in [5.41, 5.74) is 5.21. The lowest BCUT2D eigenvalue weighted by molar-refractivity contribution is 0.100. The van der Waals surface area contributed by atoms with Crippen molar-refractivity contribution in [2.45, 2.75) is 52.0 Å². The Hall–Kier alpha value is -2.22. The molecular weight excluding hydrogens is 294 g/mol. The topological polar surface area (TPSA) is 29.4 Å². The Bertz CT molecular complexity index is 782. The van der Waals surface area contributed by atoms with Gasteiger partial charge in [0.2, 0.25) is 0 Å². The molecule has 0 saturated heterocycles. The summed E-state index contributed by atoms with van der Waals surface area (Å²) in [7, 11) is 0. The van der Waals surface area contributed by atoms with Crippen molar-refractivity contribution >= 4 is 11.5 Å². The van der Waals surface area contributed by atoms with E-state index in [4.69, 9.17) is 4.99 Å². The average Bonchev–Trinajstić information content (AvgIpc) is 2.53. The number of ketones is 1. The van der Waals surface area contributed by atoms with E-state index in [2.05, 4.69) is 58.0 Å². The van der Waals surface area contributed by atoms with E-state index in [1.54, 1.807) is 0 Å². The van der Waals surface area contributed by atoms with Crippen molar-refractivity contribution in [3.63, 3.8) is 0 Å². The highest BCUT2D eigenvalue weighted by Crippen LogP contribution is 2.28. The van der Waals surface area contributed by atoms with E-state index < -0.39 is 0 Å². The number of fused-ring (bicyclic) bond motifs is 1. The van der Waals surface area contributed by atoms with E-state index >= 15 is 0 Å². The molecule has 0 amide bonds. The zero-order valence-corrected chi connectivity index (χ0v) is 15.0. The molecule has 2 aromatic carbocycles. The lowest BCUT2D eigenvalue weighted by Crippen LogP contribution is -2.29. The number of nitrogens with zero attached hydrogens (tertiary/aromatic N) is 1. The Labute approximate surface area is 144 Å². The van der Waals surface area contributed by atoms with Crippen LogP contribution in [0.15, 0.2) is 53.5 Å². The number of rotatable bonds is 4. The Morgan fingerprint density at radius 1 is 1.08 bits per heavy atom. The average molecular weight is 319 g/mol. The van der Waals surface area contributed by atoms with E-state index in [-0.39, 0.29) is 11.3 Å². The van der Waals surface area contributed by atoms with E-state index in [0.29, 0.717) is 12.3 Å². The minimum Gasteiger partial charge on any atom is -0.294 e. The highest BCUT2D eigenvalue weighted by atomic mass is 16.1. The van der Waals surface area contributed by atoms with E-state index in [1.807, 2.05) is 18.2 Å². The molecule has 0 spiro atoms. The van der Waals surface area contributed by atoms with Crippen LogP contribution in [0.3, 0.4) is 0 Å². The fourth-order valence-corrected chi connectivity index (χ4v) is 3.33. The number of carbonyl (C=O) groups excluding carboxylic acids is 1. The van der Waals surface area contributed by atoms with Gasteiger partial charge in [-0.05, 0) is 42.9 Å². The van der Waals surface area contributed by atoms with Crippen LogP contribution in [0.5, 0.6) is 0 Å². The number of carbonyl (C=O) groups is 1. The van der Waals surface area contributed by atoms with Crippen molar-refractivity contribution in [1.29, 1.82) is 0 Å². The fraction of sp³-hybridized carbons (Fsp3) is 0.364. The van der Waals surface area contributed by atoms with Crippen LogP contribution in [0, 0.1) is 0 Å². The normalized spacial score (nSPS) is 15.8. The molecule has 3 rings (SSSR count). The second-order valence-electron chi connectivity index (χ2n) is 7.58. The van der Waals surface area contributed by atoms with Crippen LogP contribution in [0.1, 0.15) is 67.1 Å². The quantitative estimate of drug-likeness (QED) is 0.712. The molecule has 0 fully saturated rings. The summed E-state index contributed by atoms with van der Waals surface area (Å²) in [5, 5.41) is 0. The summed E-state index contributed by atoms with van der Waals surface area (Å²) in [4.78, 5) is 17.6. The lowest BCUT2D eigenvalue weighted by Gasteiger charge is -2.29. The summed E-state index contributed by atoms with van der Waals surface area (Å²) < 4.78 is 0. The second-order valence-corrected chi connectivity index (χ2v) is 7.58. The molecule has 124 valence electrons. The highest BCUT2D eigenvalue weighted by Gasteiger charge is 2.27. The molecule has 1 aliphatic heterocycles. The molecule has 1 heterocycles. The van der Waals surface area contributed by atoms with E-state index in [9.17, 15) is 4.79 Å². The Morgan fingerprint density at radius 3 is 2.42 bits per heavy atom. The summed E-state index contributed by atoms with van der Waals surface area (Å²) >= 11 is 0. The van der Waals surface area contributed by atoms with Crippen LogP contribution < -0.4 is 0 Å². The largest absolute Gasteiger partial charge is 0.294 e. The van der Waals surface area contributed by atoms with Gasteiger partial charge >= 0.3 is 0 Å². The van der Waals surface area contributed by atoms with Gasteiger partial charge in [0.05, 0.1) is 17.7 Å². The summed E-state index contributed by atoms with van der Waals surface area (Å²) in [5.74, 6) is 0.612. The standard InChI is InChI=1S/C22H25NO/c1-15(2)16-9-11-17(12-10-16)21(24)13-20-19-8-6-5-7-18(19)14-22(3,4)23-20/h5-12,15H,13-14H2,1-4H3. The van der Waals surface area contributed by atoms with Crippen LogP contribution in [0.25, 0.3) is 0 Å². The zero-order chi connectivity index (χ0) is 17.3. The van der Waals surface area contributed by atoms with Crippen LogP contribution in [0.4, 0.5) is 0 Å². The van der Waals surface area contributed by atoms with Gasteiger partial charge in [0.25, 0.3) is 0 Å². The van der Waals surface area contributed by atoms with Gasteiger partial charge in [-0.15, -0.1) is 0 Å². The zero-order valence-electron chi connectivity index (χ0n) is 15.0. The van der Waals surface area contributed by atoms with Crippen LogP contribution in [-0.4, -0.2) is 17.0 Å². The molecule has 0 N–H and O–H groups in total. The van der Waals surface area contributed by atoms with Crippen LogP contribution >= 0.6 is 0 Å². The van der Waals surface area contributed by atoms with Gasteiger partial charge in [0.1, 0.15) is 0 Å². The number of hydrogen-bond acceptors (Lipinski definition) is 2. The summed E-state index contributed by atoms with van der Waals surface area (Å²) in [6, 6.07) is 16.3. The molecule has 1 aliphatic rings. The van der Waals surface area contributed by atoms with Crippen molar-refractivity contribution in [2.75, 3.05) is 0 Å². The minimum atomic E-state index is -0.147. The van der Waals surface area contributed by atoms with Gasteiger partial charge in [0.15, 0.2) is 5.78 Å². The first-order valence-electron chi connectivity index (χ1n) is 8.66. The number of Topliss-reactive ketones (excluding diaryl/α,β-unsaturated/α-hetero) is 1. The Morgan fingerprint density at radius 2 is 1.75 bits per heavy atom. The van der Waals surface area contributed by atoms with Gasteiger partial charge < -0.3 is 0 Å². The SMILES string of the molecule is CC(C)c1ccc(C(=O)CC2=NC(C)(C)Cc3ccccc32)cc1. The van der Waals surface area contributed by atoms with E-state index in [0.717, 1.165) is 23.3 Å². The van der Waals surface area contributed by atoms with Gasteiger partial charge in [-0.2, -0.15) is 0 Å².